The van der Waals surface area contributed by atoms with Crippen LogP contribution in [0, 0.1) is 0 Å². The van der Waals surface area contributed by atoms with Gasteiger partial charge in [0.25, 0.3) is 5.91 Å². The Hall–Kier alpha value is -4.59. The molecule has 214 valence electrons. The molecule has 3 amide bonds. The average molecular weight is 585 g/mol. The van der Waals surface area contributed by atoms with Gasteiger partial charge in [-0.1, -0.05) is 18.2 Å². The van der Waals surface area contributed by atoms with Crippen molar-refractivity contribution in [2.45, 2.75) is 0 Å². The summed E-state index contributed by atoms with van der Waals surface area (Å²) in [4.78, 5) is 49.7. The fraction of sp³-hybridized carbons (Fsp3) is 0.276. The maximum absolute atomic E-state index is 13.9. The van der Waals surface area contributed by atoms with E-state index in [4.69, 9.17) is 10.5 Å². The predicted molar refractivity (Wildman–Crippen MR) is 158 cm³/mol. The zero-order chi connectivity index (χ0) is 28.8. The molecule has 13 heteroatoms. The van der Waals surface area contributed by atoms with E-state index in [1.54, 1.807) is 29.4 Å². The smallest absolute Gasteiger partial charge is 0.334 e. The highest BCUT2D eigenvalue weighted by Crippen LogP contribution is 2.45. The Morgan fingerprint density at radius 2 is 1.76 bits per heavy atom. The van der Waals surface area contributed by atoms with Crippen molar-refractivity contribution in [1.82, 2.24) is 25.1 Å². The van der Waals surface area contributed by atoms with Crippen molar-refractivity contribution in [3.63, 3.8) is 0 Å². The SMILES string of the molecule is NC(=O)N(c1cccc2c1C(=O)c1c-2n[nH]c1-c1ccc(C(=O)N2CCN(c3ccccn3)CC2)s1)N1CCOCC1. The first kappa shape index (κ1) is 26.3. The number of primary amides is 1. The van der Waals surface area contributed by atoms with E-state index >= 15 is 0 Å². The molecule has 3 N–H and O–H groups in total. The first-order chi connectivity index (χ1) is 20.5. The number of amides is 3. The van der Waals surface area contributed by atoms with Gasteiger partial charge in [-0.25, -0.2) is 19.8 Å². The Bertz CT molecular complexity index is 1670. The molecule has 12 nitrogen and oxygen atoms in total. The standard InChI is InChI=1S/C29H28N8O4S/c30-29(40)37(36-14-16-41-17-15-36)19-5-3-4-18-23(19)27(38)24-25(18)32-33-26(24)20-7-8-21(42-20)28(39)35-12-10-34(11-13-35)22-6-1-2-9-31-22/h1-9H,10-17H2,(H2,30,40)(H,32,33). The van der Waals surface area contributed by atoms with Crippen LogP contribution >= 0.6 is 11.3 Å². The van der Waals surface area contributed by atoms with E-state index in [-0.39, 0.29) is 11.7 Å². The Balaban J connectivity index is 1.13. The second-order valence-electron chi connectivity index (χ2n) is 10.2. The number of rotatable bonds is 5. The number of H-pyrrole nitrogens is 1. The molecule has 2 aliphatic heterocycles. The first-order valence-corrected chi connectivity index (χ1v) is 14.6. The number of pyridine rings is 1. The lowest BCUT2D eigenvalue weighted by Gasteiger charge is -2.36. The number of urea groups is 1. The van der Waals surface area contributed by atoms with E-state index in [0.29, 0.717) is 91.1 Å². The maximum atomic E-state index is 13.9. The lowest BCUT2D eigenvalue weighted by atomic mass is 10.1. The zero-order valence-corrected chi connectivity index (χ0v) is 23.5. The van der Waals surface area contributed by atoms with Crippen LogP contribution in [0.3, 0.4) is 0 Å². The fourth-order valence-corrected chi connectivity index (χ4v) is 6.78. The van der Waals surface area contributed by atoms with Gasteiger partial charge in [0.2, 0.25) is 0 Å². The van der Waals surface area contributed by atoms with Crippen molar-refractivity contribution in [2.24, 2.45) is 5.73 Å². The molecular weight excluding hydrogens is 556 g/mol. The van der Waals surface area contributed by atoms with Gasteiger partial charge >= 0.3 is 6.03 Å². The summed E-state index contributed by atoms with van der Waals surface area (Å²) in [5.74, 6) is 0.627. The van der Waals surface area contributed by atoms with Crippen LogP contribution in [0.5, 0.6) is 0 Å². The van der Waals surface area contributed by atoms with Crippen molar-refractivity contribution in [2.75, 3.05) is 62.4 Å². The molecule has 1 aromatic carbocycles. The molecule has 7 rings (SSSR count). The number of nitrogens with zero attached hydrogens (tertiary/aromatic N) is 6. The second-order valence-corrected chi connectivity index (χ2v) is 11.3. The third-order valence-electron chi connectivity index (χ3n) is 7.83. The van der Waals surface area contributed by atoms with Gasteiger partial charge in [-0.15, -0.1) is 11.3 Å². The summed E-state index contributed by atoms with van der Waals surface area (Å²) in [6.45, 7) is 4.46. The normalized spacial score (nSPS) is 16.8. The van der Waals surface area contributed by atoms with E-state index in [2.05, 4.69) is 20.1 Å². The number of hydrogen-bond acceptors (Lipinski definition) is 9. The minimum absolute atomic E-state index is 0.0393. The number of carbonyl (C=O) groups is 3. The number of nitrogens with two attached hydrogens (primary N) is 1. The van der Waals surface area contributed by atoms with Crippen molar-refractivity contribution >= 4 is 40.6 Å². The summed E-state index contributed by atoms with van der Waals surface area (Å²) in [6.07, 6.45) is 1.77. The number of morpholine rings is 1. The van der Waals surface area contributed by atoms with Crippen molar-refractivity contribution in [1.29, 1.82) is 0 Å². The molecule has 1 aliphatic carbocycles. The van der Waals surface area contributed by atoms with Crippen LogP contribution in [0.15, 0.2) is 54.7 Å². The Morgan fingerprint density at radius 3 is 2.50 bits per heavy atom. The summed E-state index contributed by atoms with van der Waals surface area (Å²) in [6, 6.07) is 14.1. The number of anilines is 2. The van der Waals surface area contributed by atoms with Crippen molar-refractivity contribution in [3.05, 3.63) is 70.7 Å². The second kappa shape index (κ2) is 10.7. The molecule has 0 bridgehead atoms. The topological polar surface area (TPSA) is 141 Å². The average Bonchev–Trinajstić information content (AvgIpc) is 3.75. The highest BCUT2D eigenvalue weighted by atomic mass is 32.1. The van der Waals surface area contributed by atoms with Gasteiger partial charge in [-0.3, -0.25) is 14.7 Å². The van der Waals surface area contributed by atoms with Crippen LogP contribution < -0.4 is 15.6 Å². The number of ketones is 1. The van der Waals surface area contributed by atoms with E-state index in [1.807, 2.05) is 35.2 Å². The predicted octanol–water partition coefficient (Wildman–Crippen LogP) is 2.84. The van der Waals surface area contributed by atoms with Gasteiger partial charge in [0.1, 0.15) is 11.5 Å². The van der Waals surface area contributed by atoms with Gasteiger partial charge < -0.3 is 20.3 Å². The van der Waals surface area contributed by atoms with E-state index in [1.165, 1.54) is 16.3 Å². The Labute approximate surface area is 245 Å². The van der Waals surface area contributed by atoms with Gasteiger partial charge in [-0.05, 0) is 30.3 Å². The van der Waals surface area contributed by atoms with Gasteiger partial charge in [0.15, 0.2) is 5.78 Å². The van der Waals surface area contributed by atoms with Crippen molar-refractivity contribution in [3.8, 4) is 21.8 Å². The number of benzene rings is 1. The van der Waals surface area contributed by atoms with Gasteiger partial charge in [0, 0.05) is 51.0 Å². The molecule has 0 saturated carbocycles. The van der Waals surface area contributed by atoms with Gasteiger partial charge in [0.05, 0.1) is 45.5 Å². The van der Waals surface area contributed by atoms with Crippen LogP contribution in [0.2, 0.25) is 0 Å². The van der Waals surface area contributed by atoms with Crippen LogP contribution in [0.1, 0.15) is 25.6 Å². The third-order valence-corrected chi connectivity index (χ3v) is 8.92. The highest BCUT2D eigenvalue weighted by molar-refractivity contribution is 7.17. The maximum Gasteiger partial charge on any atom is 0.334 e. The highest BCUT2D eigenvalue weighted by Gasteiger charge is 2.38. The number of aromatic amines is 1. The molecule has 4 aromatic rings. The molecule has 0 radical (unpaired) electrons. The lowest BCUT2D eigenvalue weighted by molar-refractivity contribution is 0.0364. The summed E-state index contributed by atoms with van der Waals surface area (Å²) in [5, 5.41) is 10.7. The number of hydrogen-bond donors (Lipinski definition) is 2. The molecule has 0 unspecified atom stereocenters. The largest absolute Gasteiger partial charge is 0.379 e. The minimum atomic E-state index is -0.674. The Kier molecular flexibility index (Phi) is 6.69. The van der Waals surface area contributed by atoms with Crippen LogP contribution in [-0.2, 0) is 4.74 Å². The number of hydrazine groups is 1. The third kappa shape index (κ3) is 4.42. The van der Waals surface area contributed by atoms with E-state index < -0.39 is 6.03 Å². The molecule has 5 heterocycles. The molecule has 0 atom stereocenters. The summed E-state index contributed by atoms with van der Waals surface area (Å²) in [7, 11) is 0. The molecule has 3 aliphatic rings. The first-order valence-electron chi connectivity index (χ1n) is 13.8. The van der Waals surface area contributed by atoms with Crippen molar-refractivity contribution < 1.29 is 19.1 Å². The number of thiophene rings is 1. The molecule has 42 heavy (non-hydrogen) atoms. The number of fused-ring (bicyclic) bond motifs is 3. The summed E-state index contributed by atoms with van der Waals surface area (Å²) in [5.41, 5.74) is 8.73. The van der Waals surface area contributed by atoms with E-state index in [0.717, 1.165) is 10.7 Å². The zero-order valence-electron chi connectivity index (χ0n) is 22.7. The summed E-state index contributed by atoms with van der Waals surface area (Å²) < 4.78 is 5.43. The number of piperazine rings is 1. The number of nitrogens with one attached hydrogen (secondary N) is 1. The monoisotopic (exact) mass is 584 g/mol. The van der Waals surface area contributed by atoms with Crippen LogP contribution in [0.4, 0.5) is 16.3 Å². The fourth-order valence-electron chi connectivity index (χ4n) is 5.80. The lowest BCUT2D eigenvalue weighted by Crippen LogP contribution is -2.54. The molecule has 3 aromatic heterocycles. The molecule has 2 fully saturated rings. The summed E-state index contributed by atoms with van der Waals surface area (Å²) >= 11 is 1.33. The number of ether oxygens (including phenoxy) is 1. The number of carbonyl (C=O) groups excluding carboxylic acids is 3. The van der Waals surface area contributed by atoms with Gasteiger partial charge in [-0.2, -0.15) is 5.10 Å². The number of aromatic nitrogens is 3. The van der Waals surface area contributed by atoms with E-state index in [9.17, 15) is 14.4 Å². The molecular formula is C29H28N8O4S. The van der Waals surface area contributed by atoms with Crippen LogP contribution in [0.25, 0.3) is 21.8 Å². The van der Waals surface area contributed by atoms with Crippen LogP contribution in [-0.4, -0.2) is 95.3 Å². The Morgan fingerprint density at radius 1 is 0.952 bits per heavy atom. The molecule has 0 spiro atoms. The minimum Gasteiger partial charge on any atom is -0.379 e. The molecule has 2 saturated heterocycles. The quantitative estimate of drug-likeness (QED) is 0.321.